The van der Waals surface area contributed by atoms with Crippen LogP contribution >= 0.6 is 11.3 Å². The maximum Gasteiger partial charge on any atom is 0.264 e. The second-order valence-electron chi connectivity index (χ2n) is 26.2. The molecule has 2 aliphatic heterocycles. The molecule has 0 saturated heterocycles. The van der Waals surface area contributed by atoms with E-state index in [4.69, 9.17) is 0 Å². The van der Waals surface area contributed by atoms with Crippen molar-refractivity contribution in [3.8, 4) is 11.1 Å². The van der Waals surface area contributed by atoms with Gasteiger partial charge in [0.1, 0.15) is 0 Å². The highest BCUT2D eigenvalue weighted by Gasteiger charge is 2.48. The van der Waals surface area contributed by atoms with Crippen LogP contribution in [-0.2, 0) is 32.5 Å². The summed E-state index contributed by atoms with van der Waals surface area (Å²) in [5.74, 6) is 0. The first-order valence-electron chi connectivity index (χ1n) is 25.6. The fraction of sp³-hybridized carbons (Fsp3) is 0.406. The lowest BCUT2D eigenvalue weighted by Gasteiger charge is -2.45. The fourth-order valence-electron chi connectivity index (χ4n) is 12.6. The standard InChI is InChI=1S/C64H73BN2S/c1-38-17-19-40(20-18-38)44-33-41(59(3,4)5)21-25-51(44)67-52-26-22-42(60(6,7)8)34-50(52)65-56-53(31-39(2)32-54(56)67)66(43-23-24-46-47(35-43)62(11,12)28-27-61(46,9)10)57-45-36-48-49(37-55(45)68-58(57)65)64(15,16)30-29-63(48,13)14/h17-26,31-37H,27-30H2,1-16H3. The van der Waals surface area contributed by atoms with E-state index in [0.29, 0.717) is 0 Å². The van der Waals surface area contributed by atoms with Crippen molar-refractivity contribution < 1.29 is 0 Å². The number of rotatable bonds is 3. The molecule has 11 rings (SSSR count). The number of fused-ring (bicyclic) bond motifs is 8. The van der Waals surface area contributed by atoms with Gasteiger partial charge in [-0.1, -0.05) is 151 Å². The van der Waals surface area contributed by atoms with Gasteiger partial charge in [0.15, 0.2) is 0 Å². The molecule has 1 aromatic heterocycles. The average molecular weight is 913 g/mol. The molecule has 0 amide bonds. The van der Waals surface area contributed by atoms with E-state index in [1.165, 1.54) is 141 Å². The van der Waals surface area contributed by atoms with Gasteiger partial charge in [-0.15, -0.1) is 11.3 Å². The minimum Gasteiger partial charge on any atom is -0.311 e. The Morgan fingerprint density at radius 1 is 0.485 bits per heavy atom. The Hall–Kier alpha value is -5.06. The van der Waals surface area contributed by atoms with Gasteiger partial charge < -0.3 is 9.80 Å². The van der Waals surface area contributed by atoms with Crippen LogP contribution in [0.2, 0.25) is 0 Å². The lowest BCUT2D eigenvalue weighted by atomic mass is 9.36. The van der Waals surface area contributed by atoms with Gasteiger partial charge in [0.25, 0.3) is 6.71 Å². The van der Waals surface area contributed by atoms with Gasteiger partial charge in [-0.2, -0.15) is 0 Å². The first kappa shape index (κ1) is 45.4. The van der Waals surface area contributed by atoms with E-state index in [2.05, 4.69) is 235 Å². The van der Waals surface area contributed by atoms with Gasteiger partial charge >= 0.3 is 0 Å². The maximum absolute atomic E-state index is 2.74. The molecule has 2 aliphatic carbocycles. The van der Waals surface area contributed by atoms with Crippen molar-refractivity contribution in [1.82, 2.24) is 0 Å². The van der Waals surface area contributed by atoms with Crippen molar-refractivity contribution in [2.75, 3.05) is 9.80 Å². The number of anilines is 6. The van der Waals surface area contributed by atoms with Crippen LogP contribution in [0.4, 0.5) is 34.1 Å². The molecule has 2 nitrogen and oxygen atoms in total. The van der Waals surface area contributed by atoms with Gasteiger partial charge in [0, 0.05) is 43.2 Å². The molecule has 4 aliphatic rings. The van der Waals surface area contributed by atoms with E-state index in [1.54, 1.807) is 0 Å². The van der Waals surface area contributed by atoms with Crippen LogP contribution in [0.5, 0.6) is 0 Å². The van der Waals surface area contributed by atoms with Crippen molar-refractivity contribution in [2.45, 2.75) is 169 Å². The molecule has 3 heterocycles. The molecular weight excluding hydrogens is 840 g/mol. The number of aryl methyl sites for hydroxylation is 2. The summed E-state index contributed by atoms with van der Waals surface area (Å²) in [5, 5.41) is 1.40. The Morgan fingerprint density at radius 3 is 1.62 bits per heavy atom. The van der Waals surface area contributed by atoms with Crippen molar-refractivity contribution in [2.24, 2.45) is 0 Å². The SMILES string of the molecule is Cc1ccc(-c2cc(C(C)(C)C)ccc2N2c3ccc(C(C)(C)C)cc3B3c4sc5cc6c(cc5c4N(c4ccc5c(c4)C(C)(C)CCC5(C)C)c4cc(C)cc2c43)C(C)(C)CCC6(C)C)cc1. The zero-order valence-electron chi connectivity index (χ0n) is 44.0. The normalized spacial score (nSPS) is 18.4. The Kier molecular flexibility index (Phi) is 9.84. The Labute approximate surface area is 413 Å². The van der Waals surface area contributed by atoms with Gasteiger partial charge in [-0.05, 0) is 182 Å². The summed E-state index contributed by atoms with van der Waals surface area (Å²) < 4.78 is 2.87. The number of thiophene rings is 1. The van der Waals surface area contributed by atoms with Gasteiger partial charge in [-0.3, -0.25) is 0 Å². The number of hydrogen-bond acceptors (Lipinski definition) is 3. The van der Waals surface area contributed by atoms with Crippen molar-refractivity contribution in [1.29, 1.82) is 0 Å². The van der Waals surface area contributed by atoms with E-state index < -0.39 is 0 Å². The molecule has 0 atom stereocenters. The predicted octanol–water partition coefficient (Wildman–Crippen LogP) is 16.6. The topological polar surface area (TPSA) is 6.48 Å². The van der Waals surface area contributed by atoms with E-state index in [-0.39, 0.29) is 39.2 Å². The van der Waals surface area contributed by atoms with Crippen LogP contribution in [0.3, 0.4) is 0 Å². The molecule has 0 N–H and O–H groups in total. The van der Waals surface area contributed by atoms with Crippen LogP contribution in [0.15, 0.2) is 103 Å². The van der Waals surface area contributed by atoms with E-state index in [0.717, 1.165) is 0 Å². The molecule has 0 fully saturated rings. The zero-order valence-corrected chi connectivity index (χ0v) is 44.8. The monoisotopic (exact) mass is 913 g/mol. The quantitative estimate of drug-likeness (QED) is 0.163. The summed E-state index contributed by atoms with van der Waals surface area (Å²) in [6, 6.07) is 41.9. The molecule has 0 unspecified atom stereocenters. The lowest BCUT2D eigenvalue weighted by Crippen LogP contribution is -2.60. The summed E-state index contributed by atoms with van der Waals surface area (Å²) in [5.41, 5.74) is 24.8. The van der Waals surface area contributed by atoms with Crippen LogP contribution in [0.25, 0.3) is 21.2 Å². The highest BCUT2D eigenvalue weighted by atomic mass is 32.1. The third-order valence-electron chi connectivity index (χ3n) is 17.2. The first-order chi connectivity index (χ1) is 31.7. The summed E-state index contributed by atoms with van der Waals surface area (Å²) in [4.78, 5) is 5.40. The van der Waals surface area contributed by atoms with Crippen LogP contribution in [-0.4, -0.2) is 6.71 Å². The minimum atomic E-state index is -0.0265. The van der Waals surface area contributed by atoms with E-state index in [9.17, 15) is 0 Å². The fourth-order valence-corrected chi connectivity index (χ4v) is 13.9. The Morgan fingerprint density at radius 2 is 1.01 bits per heavy atom. The molecule has 348 valence electrons. The number of benzene rings is 6. The first-order valence-corrected chi connectivity index (χ1v) is 26.4. The number of nitrogens with zero attached hydrogens (tertiary/aromatic N) is 2. The predicted molar refractivity (Wildman–Crippen MR) is 299 cm³/mol. The number of hydrogen-bond donors (Lipinski definition) is 0. The molecule has 0 saturated carbocycles. The largest absolute Gasteiger partial charge is 0.311 e. The van der Waals surface area contributed by atoms with Gasteiger partial charge in [-0.25, -0.2) is 0 Å². The van der Waals surface area contributed by atoms with Gasteiger partial charge in [0.2, 0.25) is 0 Å². The highest BCUT2D eigenvalue weighted by molar-refractivity contribution is 7.33. The maximum atomic E-state index is 2.74. The summed E-state index contributed by atoms with van der Waals surface area (Å²) in [6.45, 7) is 38.5. The average Bonchev–Trinajstić information content (AvgIpc) is 3.64. The molecule has 68 heavy (non-hydrogen) atoms. The van der Waals surface area contributed by atoms with Crippen molar-refractivity contribution >= 4 is 78.0 Å². The van der Waals surface area contributed by atoms with Crippen LogP contribution < -0.4 is 25.5 Å². The lowest BCUT2D eigenvalue weighted by molar-refractivity contribution is 0.332. The second kappa shape index (κ2) is 14.7. The molecule has 0 bridgehead atoms. The summed E-state index contributed by atoms with van der Waals surface area (Å²) in [7, 11) is 0. The molecular formula is C64H73BN2S. The van der Waals surface area contributed by atoms with Crippen molar-refractivity contribution in [3.05, 3.63) is 148 Å². The second-order valence-corrected chi connectivity index (χ2v) is 27.3. The molecule has 4 heteroatoms. The van der Waals surface area contributed by atoms with Crippen LogP contribution in [0, 0.1) is 13.8 Å². The van der Waals surface area contributed by atoms with Crippen LogP contribution in [0.1, 0.15) is 167 Å². The smallest absolute Gasteiger partial charge is 0.264 e. The molecule has 6 aromatic carbocycles. The van der Waals surface area contributed by atoms with E-state index in [1.807, 2.05) is 0 Å². The third-order valence-corrected chi connectivity index (χ3v) is 18.4. The molecule has 0 spiro atoms. The van der Waals surface area contributed by atoms with Gasteiger partial charge in [0.05, 0.1) is 11.4 Å². The Balaban J connectivity index is 1.27. The zero-order chi connectivity index (χ0) is 48.4. The van der Waals surface area contributed by atoms with Crippen molar-refractivity contribution in [3.63, 3.8) is 0 Å². The Bertz CT molecular complexity index is 3230. The molecule has 7 aromatic rings. The summed E-state index contributed by atoms with van der Waals surface area (Å²) in [6.07, 6.45) is 4.78. The molecule has 0 radical (unpaired) electrons. The van der Waals surface area contributed by atoms with E-state index >= 15 is 0 Å². The summed E-state index contributed by atoms with van der Waals surface area (Å²) >= 11 is 2.06. The minimum absolute atomic E-state index is 0.00658. The third kappa shape index (κ3) is 6.92. The highest BCUT2D eigenvalue weighted by Crippen LogP contribution is 2.55.